The second-order valence-electron chi connectivity index (χ2n) is 5.61. The number of rotatable bonds is 6. The standard InChI is InChI=1S/C17H27N3OS/c1-18-17(20-14-7-8-16(12-14)22-3)19-10-9-13-5-4-6-15(11-13)21-2/h4-6,11,14,16H,7-10,12H2,1-3H3,(H2,18,19,20). The van der Waals surface area contributed by atoms with E-state index in [1.54, 1.807) is 7.11 Å². The summed E-state index contributed by atoms with van der Waals surface area (Å²) in [4.78, 5) is 4.33. The Morgan fingerprint density at radius 2 is 2.27 bits per heavy atom. The van der Waals surface area contributed by atoms with Crippen LogP contribution in [0.2, 0.25) is 0 Å². The summed E-state index contributed by atoms with van der Waals surface area (Å²) in [5, 5.41) is 7.74. The van der Waals surface area contributed by atoms with Crippen molar-refractivity contribution in [3.63, 3.8) is 0 Å². The lowest BCUT2D eigenvalue weighted by Gasteiger charge is -2.17. The summed E-state index contributed by atoms with van der Waals surface area (Å²) in [7, 11) is 3.54. The second-order valence-corrected chi connectivity index (χ2v) is 6.75. The van der Waals surface area contributed by atoms with Gasteiger partial charge in [-0.1, -0.05) is 12.1 Å². The third kappa shape index (κ3) is 5.13. The smallest absolute Gasteiger partial charge is 0.191 e. The number of nitrogens with one attached hydrogen (secondary N) is 2. The van der Waals surface area contributed by atoms with Gasteiger partial charge in [-0.25, -0.2) is 0 Å². The molecular formula is C17H27N3OS. The van der Waals surface area contributed by atoms with Crippen LogP contribution in [0.3, 0.4) is 0 Å². The fraction of sp³-hybridized carbons (Fsp3) is 0.588. The van der Waals surface area contributed by atoms with Crippen LogP contribution in [0, 0.1) is 0 Å². The number of methoxy groups -OCH3 is 1. The molecule has 1 aromatic rings. The van der Waals surface area contributed by atoms with Crippen molar-refractivity contribution >= 4 is 17.7 Å². The van der Waals surface area contributed by atoms with E-state index in [2.05, 4.69) is 34.0 Å². The third-order valence-corrected chi connectivity index (χ3v) is 5.22. The van der Waals surface area contributed by atoms with Crippen molar-refractivity contribution < 1.29 is 4.74 Å². The molecule has 2 atom stereocenters. The number of ether oxygens (including phenoxy) is 1. The number of hydrogen-bond donors (Lipinski definition) is 2. The zero-order chi connectivity index (χ0) is 15.8. The summed E-state index contributed by atoms with van der Waals surface area (Å²) >= 11 is 1.98. The van der Waals surface area contributed by atoms with Gasteiger partial charge >= 0.3 is 0 Å². The van der Waals surface area contributed by atoms with Crippen molar-refractivity contribution in [2.45, 2.75) is 37.0 Å². The topological polar surface area (TPSA) is 45.7 Å². The summed E-state index contributed by atoms with van der Waals surface area (Å²) < 4.78 is 5.25. The number of guanidine groups is 1. The highest BCUT2D eigenvalue weighted by molar-refractivity contribution is 7.99. The second kappa shape index (κ2) is 8.93. The Morgan fingerprint density at radius 1 is 1.41 bits per heavy atom. The van der Waals surface area contributed by atoms with Crippen molar-refractivity contribution in [1.82, 2.24) is 10.6 Å². The Balaban J connectivity index is 1.74. The molecule has 0 aliphatic heterocycles. The van der Waals surface area contributed by atoms with Crippen LogP contribution in [0.4, 0.5) is 0 Å². The largest absolute Gasteiger partial charge is 0.497 e. The zero-order valence-electron chi connectivity index (χ0n) is 13.8. The molecule has 0 aromatic heterocycles. The maximum Gasteiger partial charge on any atom is 0.191 e. The van der Waals surface area contributed by atoms with Gasteiger partial charge in [-0.15, -0.1) is 0 Å². The molecule has 2 rings (SSSR count). The van der Waals surface area contributed by atoms with E-state index < -0.39 is 0 Å². The summed E-state index contributed by atoms with van der Waals surface area (Å²) in [6.45, 7) is 0.867. The number of benzene rings is 1. The van der Waals surface area contributed by atoms with Gasteiger partial charge < -0.3 is 15.4 Å². The van der Waals surface area contributed by atoms with Crippen LogP contribution in [0.25, 0.3) is 0 Å². The van der Waals surface area contributed by atoms with Crippen molar-refractivity contribution in [3.05, 3.63) is 29.8 Å². The Kier molecular flexibility index (Phi) is 6.90. The fourth-order valence-electron chi connectivity index (χ4n) is 2.83. The monoisotopic (exact) mass is 321 g/mol. The SMILES string of the molecule is CN=C(NCCc1cccc(OC)c1)NC1CCC(SC)C1. The summed E-state index contributed by atoms with van der Waals surface area (Å²) in [5.41, 5.74) is 1.27. The molecule has 0 amide bonds. The average molecular weight is 321 g/mol. The molecule has 2 N–H and O–H groups in total. The summed E-state index contributed by atoms with van der Waals surface area (Å²) in [6, 6.07) is 8.76. The quantitative estimate of drug-likeness (QED) is 0.625. The molecule has 2 unspecified atom stereocenters. The summed E-state index contributed by atoms with van der Waals surface area (Å²) in [6.07, 6.45) is 6.93. The van der Waals surface area contributed by atoms with Gasteiger partial charge in [0.15, 0.2) is 5.96 Å². The van der Waals surface area contributed by atoms with Gasteiger partial charge in [0.05, 0.1) is 7.11 Å². The molecule has 0 heterocycles. The lowest BCUT2D eigenvalue weighted by Crippen LogP contribution is -2.43. The molecular weight excluding hydrogens is 294 g/mol. The van der Waals surface area contributed by atoms with E-state index in [0.717, 1.165) is 29.9 Å². The maximum absolute atomic E-state index is 5.25. The van der Waals surface area contributed by atoms with E-state index >= 15 is 0 Å². The molecule has 1 aromatic carbocycles. The first-order valence-electron chi connectivity index (χ1n) is 7.88. The van der Waals surface area contributed by atoms with Crippen LogP contribution >= 0.6 is 11.8 Å². The minimum atomic E-state index is 0.556. The van der Waals surface area contributed by atoms with Crippen LogP contribution in [0.1, 0.15) is 24.8 Å². The molecule has 0 radical (unpaired) electrons. The molecule has 22 heavy (non-hydrogen) atoms. The Bertz CT molecular complexity index is 493. The van der Waals surface area contributed by atoms with E-state index in [0.29, 0.717) is 6.04 Å². The lowest BCUT2D eigenvalue weighted by molar-refractivity contribution is 0.414. The predicted molar refractivity (Wildman–Crippen MR) is 96.1 cm³/mol. The normalized spacial score (nSPS) is 21.7. The molecule has 1 fully saturated rings. The highest BCUT2D eigenvalue weighted by atomic mass is 32.2. The van der Waals surface area contributed by atoms with Gasteiger partial charge in [0, 0.05) is 24.9 Å². The number of thioether (sulfide) groups is 1. The number of hydrogen-bond acceptors (Lipinski definition) is 3. The highest BCUT2D eigenvalue weighted by Crippen LogP contribution is 2.27. The van der Waals surface area contributed by atoms with Crippen LogP contribution in [-0.2, 0) is 6.42 Å². The van der Waals surface area contributed by atoms with Crippen LogP contribution in [0.15, 0.2) is 29.3 Å². The van der Waals surface area contributed by atoms with Crippen molar-refractivity contribution in [2.75, 3.05) is 27.0 Å². The minimum Gasteiger partial charge on any atom is -0.497 e. The fourth-order valence-corrected chi connectivity index (χ4v) is 3.62. The molecule has 1 aliphatic rings. The minimum absolute atomic E-state index is 0.556. The van der Waals surface area contributed by atoms with Crippen LogP contribution < -0.4 is 15.4 Å². The lowest BCUT2D eigenvalue weighted by atomic mass is 10.1. The predicted octanol–water partition coefficient (Wildman–Crippen LogP) is 2.69. The van der Waals surface area contributed by atoms with Gasteiger partial charge in [-0.05, 0) is 49.6 Å². The van der Waals surface area contributed by atoms with E-state index in [-0.39, 0.29) is 0 Å². The summed E-state index contributed by atoms with van der Waals surface area (Å²) in [5.74, 6) is 1.82. The van der Waals surface area contributed by atoms with Crippen molar-refractivity contribution in [3.8, 4) is 5.75 Å². The average Bonchev–Trinajstić information content (AvgIpc) is 3.01. The maximum atomic E-state index is 5.25. The first kappa shape index (κ1) is 17.0. The van der Waals surface area contributed by atoms with Crippen molar-refractivity contribution in [1.29, 1.82) is 0 Å². The van der Waals surface area contributed by atoms with E-state index in [9.17, 15) is 0 Å². The zero-order valence-corrected chi connectivity index (χ0v) is 14.6. The molecule has 0 spiro atoms. The van der Waals surface area contributed by atoms with E-state index in [4.69, 9.17) is 4.74 Å². The van der Waals surface area contributed by atoms with Gasteiger partial charge in [0.1, 0.15) is 5.75 Å². The molecule has 0 saturated heterocycles. The first-order chi connectivity index (χ1) is 10.7. The van der Waals surface area contributed by atoms with E-state index in [1.165, 1.54) is 24.8 Å². The molecule has 1 aliphatic carbocycles. The number of nitrogens with zero attached hydrogens (tertiary/aromatic N) is 1. The molecule has 5 heteroatoms. The Labute approximate surface area is 138 Å². The van der Waals surface area contributed by atoms with Gasteiger partial charge in [-0.3, -0.25) is 4.99 Å². The third-order valence-electron chi connectivity index (χ3n) is 4.12. The van der Waals surface area contributed by atoms with Crippen LogP contribution in [-0.4, -0.2) is 44.2 Å². The molecule has 4 nitrogen and oxygen atoms in total. The van der Waals surface area contributed by atoms with Crippen molar-refractivity contribution in [2.24, 2.45) is 4.99 Å². The molecule has 0 bridgehead atoms. The first-order valence-corrected chi connectivity index (χ1v) is 9.17. The van der Waals surface area contributed by atoms with Crippen LogP contribution in [0.5, 0.6) is 5.75 Å². The highest BCUT2D eigenvalue weighted by Gasteiger charge is 2.24. The molecule has 122 valence electrons. The van der Waals surface area contributed by atoms with Gasteiger partial charge in [0.2, 0.25) is 0 Å². The van der Waals surface area contributed by atoms with Gasteiger partial charge in [0.25, 0.3) is 0 Å². The van der Waals surface area contributed by atoms with Gasteiger partial charge in [-0.2, -0.15) is 11.8 Å². The Morgan fingerprint density at radius 3 is 2.95 bits per heavy atom. The van der Waals surface area contributed by atoms with E-state index in [1.807, 2.05) is 30.9 Å². The molecule has 1 saturated carbocycles. The Hall–Kier alpha value is -1.36. The number of aliphatic imine (C=N–C) groups is 1.